The van der Waals surface area contributed by atoms with Gasteiger partial charge in [-0.1, -0.05) is 53.8 Å². The summed E-state index contributed by atoms with van der Waals surface area (Å²) >= 11 is 2.58. The lowest BCUT2D eigenvalue weighted by molar-refractivity contribution is 0.281. The molecule has 0 aliphatic rings. The first-order valence-electron chi connectivity index (χ1n) is 10.5. The minimum Gasteiger partial charge on any atom is -0.494 e. The van der Waals surface area contributed by atoms with Crippen molar-refractivity contribution in [1.82, 2.24) is 9.55 Å². The van der Waals surface area contributed by atoms with Gasteiger partial charge in [0.25, 0.3) is 0 Å². The number of thiazole rings is 2. The van der Waals surface area contributed by atoms with Gasteiger partial charge in [0.05, 0.1) is 18.2 Å². The molecule has 4 aromatic rings. The number of aryl methyl sites for hydroxylation is 1. The van der Waals surface area contributed by atoms with Crippen LogP contribution in [-0.2, 0) is 19.6 Å². The van der Waals surface area contributed by atoms with Crippen LogP contribution < -0.4 is 14.3 Å². The van der Waals surface area contributed by atoms with E-state index in [9.17, 15) is 9.90 Å². The van der Waals surface area contributed by atoms with E-state index in [2.05, 4.69) is 17.1 Å². The highest BCUT2D eigenvalue weighted by molar-refractivity contribution is 7.10. The number of ether oxygens (including phenoxy) is 2. The van der Waals surface area contributed by atoms with Gasteiger partial charge in [-0.25, -0.2) is 4.98 Å². The summed E-state index contributed by atoms with van der Waals surface area (Å²) in [6.07, 6.45) is 5.53. The van der Waals surface area contributed by atoms with E-state index in [1.807, 2.05) is 53.9 Å². The summed E-state index contributed by atoms with van der Waals surface area (Å²) in [4.78, 5) is 16.2. The summed E-state index contributed by atoms with van der Waals surface area (Å²) in [5.74, 6) is 1.33. The fourth-order valence-corrected chi connectivity index (χ4v) is 4.65. The molecule has 33 heavy (non-hydrogen) atoms. The van der Waals surface area contributed by atoms with Crippen LogP contribution in [0.3, 0.4) is 0 Å². The number of hydrogen-bond donors (Lipinski definition) is 1. The molecule has 0 aliphatic heterocycles. The molecule has 0 bridgehead atoms. The molecule has 2 aromatic carbocycles. The molecular weight excluding hydrogens is 456 g/mol. The first-order chi connectivity index (χ1) is 16.1. The highest BCUT2D eigenvalue weighted by Crippen LogP contribution is 2.29. The van der Waals surface area contributed by atoms with Gasteiger partial charge >= 0.3 is 4.87 Å². The van der Waals surface area contributed by atoms with Gasteiger partial charge in [-0.2, -0.15) is 0 Å². The van der Waals surface area contributed by atoms with Crippen LogP contribution in [0.15, 0.2) is 64.1 Å². The molecule has 0 saturated carbocycles. The first kappa shape index (κ1) is 22.8. The number of aromatic nitrogens is 2. The van der Waals surface area contributed by atoms with Gasteiger partial charge in [-0.3, -0.25) is 9.36 Å². The standard InChI is InChI=1S/C25H24N2O4S2/c1-30-22-14-19(8-5-13-27-24(28)17-33-25(27)29)9-11-21(22)31-15-20-16-32-23(26-20)12-10-18-6-3-2-4-7-18/h2-4,6-7,9-12,14,16-17,28H,5,8,13,15H2,1H3. The van der Waals surface area contributed by atoms with Crippen molar-refractivity contribution in [2.75, 3.05) is 7.11 Å². The number of rotatable bonds is 10. The number of nitrogens with zero attached hydrogens (tertiary/aromatic N) is 2. The van der Waals surface area contributed by atoms with Crippen molar-refractivity contribution in [1.29, 1.82) is 0 Å². The SMILES string of the molecule is COc1cc(CCCn2c(O)csc2=O)ccc1OCc1csc(C=Cc2ccccc2)n1. The van der Waals surface area contributed by atoms with Crippen molar-refractivity contribution in [2.24, 2.45) is 0 Å². The van der Waals surface area contributed by atoms with Crippen LogP contribution >= 0.6 is 22.7 Å². The Morgan fingerprint density at radius 2 is 1.91 bits per heavy atom. The van der Waals surface area contributed by atoms with Gasteiger partial charge in [0.15, 0.2) is 11.5 Å². The summed E-state index contributed by atoms with van der Waals surface area (Å²) in [5, 5.41) is 14.1. The van der Waals surface area contributed by atoms with Gasteiger partial charge in [-0.15, -0.1) is 11.3 Å². The van der Waals surface area contributed by atoms with Gasteiger partial charge in [0.1, 0.15) is 11.6 Å². The summed E-state index contributed by atoms with van der Waals surface area (Å²) < 4.78 is 12.9. The highest BCUT2D eigenvalue weighted by atomic mass is 32.1. The van der Waals surface area contributed by atoms with Crippen molar-refractivity contribution >= 4 is 34.8 Å². The van der Waals surface area contributed by atoms with Crippen molar-refractivity contribution in [3.05, 3.63) is 90.8 Å². The third-order valence-electron chi connectivity index (χ3n) is 5.00. The molecular formula is C25H24N2O4S2. The second kappa shape index (κ2) is 11.0. The summed E-state index contributed by atoms with van der Waals surface area (Å²) in [6.45, 7) is 0.825. The molecule has 170 valence electrons. The van der Waals surface area contributed by atoms with Gasteiger partial charge < -0.3 is 14.6 Å². The maximum Gasteiger partial charge on any atom is 0.309 e. The fraction of sp³-hybridized carbons (Fsp3) is 0.200. The lowest BCUT2D eigenvalue weighted by Gasteiger charge is -2.12. The Bertz CT molecular complexity index is 1280. The molecule has 0 saturated heterocycles. The van der Waals surface area contributed by atoms with E-state index < -0.39 is 0 Å². The molecule has 1 N–H and O–H groups in total. The van der Waals surface area contributed by atoms with Crippen molar-refractivity contribution in [3.63, 3.8) is 0 Å². The average Bonchev–Trinajstić information content (AvgIpc) is 3.43. The van der Waals surface area contributed by atoms with Crippen molar-refractivity contribution in [2.45, 2.75) is 26.0 Å². The lowest BCUT2D eigenvalue weighted by atomic mass is 10.1. The molecule has 0 atom stereocenters. The van der Waals surface area contributed by atoms with Gasteiger partial charge in [0, 0.05) is 11.9 Å². The first-order valence-corrected chi connectivity index (χ1v) is 12.2. The molecule has 0 spiro atoms. The fourth-order valence-electron chi connectivity index (χ4n) is 3.31. The largest absolute Gasteiger partial charge is 0.494 e. The number of methoxy groups -OCH3 is 1. The van der Waals surface area contributed by atoms with E-state index in [0.29, 0.717) is 24.7 Å². The van der Waals surface area contributed by atoms with Crippen LogP contribution in [0.2, 0.25) is 0 Å². The van der Waals surface area contributed by atoms with E-state index in [0.717, 1.165) is 46.0 Å². The zero-order valence-electron chi connectivity index (χ0n) is 18.1. The predicted molar refractivity (Wildman–Crippen MR) is 133 cm³/mol. The molecule has 6 nitrogen and oxygen atoms in total. The third kappa shape index (κ3) is 6.12. The molecule has 0 aliphatic carbocycles. The molecule has 8 heteroatoms. The predicted octanol–water partition coefficient (Wildman–Crippen LogP) is 5.46. The summed E-state index contributed by atoms with van der Waals surface area (Å²) in [5.41, 5.74) is 3.07. The average molecular weight is 481 g/mol. The highest BCUT2D eigenvalue weighted by Gasteiger charge is 2.09. The maximum absolute atomic E-state index is 11.7. The molecule has 4 rings (SSSR count). The van der Waals surface area contributed by atoms with E-state index >= 15 is 0 Å². The Labute approximate surface area is 200 Å². The zero-order chi connectivity index (χ0) is 23.0. The monoisotopic (exact) mass is 480 g/mol. The second-order valence-electron chi connectivity index (χ2n) is 7.31. The van der Waals surface area contributed by atoms with E-state index in [-0.39, 0.29) is 10.8 Å². The van der Waals surface area contributed by atoms with Crippen molar-refractivity contribution in [3.8, 4) is 17.4 Å². The van der Waals surface area contributed by atoms with Crippen LogP contribution in [0, 0.1) is 0 Å². The Morgan fingerprint density at radius 1 is 1.06 bits per heavy atom. The molecule has 0 unspecified atom stereocenters. The molecule has 0 amide bonds. The minimum atomic E-state index is -0.144. The summed E-state index contributed by atoms with van der Waals surface area (Å²) in [7, 11) is 1.62. The van der Waals surface area contributed by atoms with Crippen LogP contribution in [-0.4, -0.2) is 21.8 Å². The Balaban J connectivity index is 1.32. The Morgan fingerprint density at radius 3 is 2.67 bits per heavy atom. The van der Waals surface area contributed by atoms with Gasteiger partial charge in [-0.05, 0) is 42.2 Å². The second-order valence-corrected chi connectivity index (χ2v) is 9.02. The van der Waals surface area contributed by atoms with E-state index in [1.165, 1.54) is 9.95 Å². The lowest BCUT2D eigenvalue weighted by Crippen LogP contribution is -2.12. The van der Waals surface area contributed by atoms with Crippen LogP contribution in [0.5, 0.6) is 17.4 Å². The van der Waals surface area contributed by atoms with Crippen LogP contribution in [0.4, 0.5) is 0 Å². The van der Waals surface area contributed by atoms with Crippen LogP contribution in [0.25, 0.3) is 12.2 Å². The molecule has 0 radical (unpaired) electrons. The number of benzene rings is 2. The summed E-state index contributed by atoms with van der Waals surface area (Å²) in [6, 6.07) is 15.9. The number of hydrogen-bond acceptors (Lipinski definition) is 7. The van der Waals surface area contributed by atoms with Crippen molar-refractivity contribution < 1.29 is 14.6 Å². The third-order valence-corrected chi connectivity index (χ3v) is 6.61. The topological polar surface area (TPSA) is 73.6 Å². The molecule has 0 fully saturated rings. The Hall–Kier alpha value is -3.36. The van der Waals surface area contributed by atoms with E-state index in [4.69, 9.17) is 9.47 Å². The molecule has 2 heterocycles. The normalized spacial score (nSPS) is 11.2. The number of aromatic hydroxyl groups is 1. The van der Waals surface area contributed by atoms with E-state index in [1.54, 1.807) is 18.4 Å². The molecule has 2 aromatic heterocycles. The quantitative estimate of drug-likeness (QED) is 0.326. The van der Waals surface area contributed by atoms with Gasteiger partial charge in [0.2, 0.25) is 5.88 Å². The smallest absolute Gasteiger partial charge is 0.309 e. The zero-order valence-corrected chi connectivity index (χ0v) is 19.8. The van der Waals surface area contributed by atoms with Crippen LogP contribution in [0.1, 0.15) is 28.2 Å². The minimum absolute atomic E-state index is 0.0204. The Kier molecular flexibility index (Phi) is 7.59. The maximum atomic E-state index is 11.7.